The molecule has 4 N–H and O–H groups in total. The molecule has 0 bridgehead atoms. The van der Waals surface area contributed by atoms with Crippen LogP contribution in [-0.2, 0) is 21.5 Å². The van der Waals surface area contributed by atoms with Crippen LogP contribution in [0.15, 0.2) is 48.7 Å². The first-order valence-electron chi connectivity index (χ1n) is 12.5. The minimum atomic E-state index is -1.75. The number of aromatic nitrogens is 2. The molecule has 0 unspecified atom stereocenters. The van der Waals surface area contributed by atoms with E-state index in [4.69, 9.17) is 28.9 Å². The van der Waals surface area contributed by atoms with E-state index >= 15 is 8.78 Å². The van der Waals surface area contributed by atoms with Gasteiger partial charge < -0.3 is 16.4 Å². The molecule has 2 amide bonds. The number of primary amides is 1. The first kappa shape index (κ1) is 29.5. The lowest BCUT2D eigenvalue weighted by Crippen LogP contribution is -2.45. The molecule has 1 aliphatic rings. The number of carbonyl (C=O) groups excluding carboxylic acids is 2. The summed E-state index contributed by atoms with van der Waals surface area (Å²) in [6.07, 6.45) is 1.79. The van der Waals surface area contributed by atoms with Gasteiger partial charge in [0.25, 0.3) is 0 Å². The zero-order valence-electron chi connectivity index (χ0n) is 22.0. The fraction of sp³-hybridized carbons (Fsp3) is 0.357. The number of hydrogen-bond donors (Lipinski definition) is 3. The zero-order chi connectivity index (χ0) is 29.4. The second-order valence-corrected chi connectivity index (χ2v) is 11.9. The molecule has 0 radical (unpaired) electrons. The Morgan fingerprint density at radius 3 is 2.58 bits per heavy atom. The fourth-order valence-electron chi connectivity index (χ4n) is 5.44. The van der Waals surface area contributed by atoms with E-state index in [1.165, 1.54) is 47.3 Å². The molecule has 2 aromatic carbocycles. The Balaban J connectivity index is 1.91. The summed E-state index contributed by atoms with van der Waals surface area (Å²) < 4.78 is 32.6. The Labute approximate surface area is 240 Å². The number of nitrogens with one attached hydrogen (secondary N) is 2. The van der Waals surface area contributed by atoms with Gasteiger partial charge in [0.2, 0.25) is 11.8 Å². The van der Waals surface area contributed by atoms with Crippen molar-refractivity contribution < 1.29 is 18.4 Å². The summed E-state index contributed by atoms with van der Waals surface area (Å²) in [6, 6.07) is 10.0. The number of benzene rings is 2. The first-order chi connectivity index (χ1) is 18.8. The number of halogens is 4. The van der Waals surface area contributed by atoms with E-state index in [0.717, 1.165) is 6.07 Å². The van der Waals surface area contributed by atoms with Gasteiger partial charge in [-0.3, -0.25) is 14.3 Å². The van der Waals surface area contributed by atoms with Gasteiger partial charge in [0.15, 0.2) is 5.82 Å². The smallest absolute Gasteiger partial charge is 0.243 e. The van der Waals surface area contributed by atoms with E-state index < -0.39 is 46.9 Å². The number of rotatable bonds is 7. The SMILES string of the molecule is CC(C)(C)C[C@@H]1N[C@@H](C(=O)Nc2ccn(CC(N)=O)n2)[C@H](c2cccc(Cl)c2F)[C@@]1(C#N)c1ccc(Cl)cc1F. The molecular weight excluding hydrogens is 561 g/mol. The molecule has 0 aliphatic carbocycles. The summed E-state index contributed by atoms with van der Waals surface area (Å²) in [5.74, 6) is -3.94. The monoisotopic (exact) mass is 588 g/mol. The maximum atomic E-state index is 15.7. The third-order valence-corrected chi connectivity index (χ3v) is 7.47. The lowest BCUT2D eigenvalue weighted by molar-refractivity contribution is -0.119. The van der Waals surface area contributed by atoms with Gasteiger partial charge in [0.1, 0.15) is 23.6 Å². The zero-order valence-corrected chi connectivity index (χ0v) is 23.5. The van der Waals surface area contributed by atoms with Crippen LogP contribution in [0.3, 0.4) is 0 Å². The van der Waals surface area contributed by atoms with Crippen LogP contribution >= 0.6 is 23.2 Å². The first-order valence-corrected chi connectivity index (χ1v) is 13.2. The highest BCUT2D eigenvalue weighted by Crippen LogP contribution is 2.52. The van der Waals surface area contributed by atoms with E-state index in [0.29, 0.717) is 6.42 Å². The minimum absolute atomic E-state index is 0.0216. The van der Waals surface area contributed by atoms with E-state index in [-0.39, 0.29) is 38.9 Å². The minimum Gasteiger partial charge on any atom is -0.368 e. The summed E-state index contributed by atoms with van der Waals surface area (Å²) in [5.41, 5.74) is 3.05. The Bertz CT molecular complexity index is 1500. The van der Waals surface area contributed by atoms with Gasteiger partial charge in [-0.05, 0) is 35.6 Å². The molecule has 4 rings (SSSR count). The molecule has 210 valence electrons. The van der Waals surface area contributed by atoms with E-state index in [1.54, 1.807) is 0 Å². The van der Waals surface area contributed by atoms with Gasteiger partial charge in [-0.15, -0.1) is 0 Å². The third-order valence-electron chi connectivity index (χ3n) is 6.94. The van der Waals surface area contributed by atoms with Crippen molar-refractivity contribution in [2.75, 3.05) is 5.32 Å². The van der Waals surface area contributed by atoms with Gasteiger partial charge in [-0.1, -0.05) is 62.2 Å². The van der Waals surface area contributed by atoms with Crippen LogP contribution in [0.4, 0.5) is 14.6 Å². The molecule has 4 atom stereocenters. The number of amides is 2. The van der Waals surface area contributed by atoms with Gasteiger partial charge >= 0.3 is 0 Å². The second kappa shape index (κ2) is 11.2. The van der Waals surface area contributed by atoms with Crippen LogP contribution in [0.5, 0.6) is 0 Å². The number of nitriles is 1. The van der Waals surface area contributed by atoms with Crippen molar-refractivity contribution in [3.8, 4) is 6.07 Å². The van der Waals surface area contributed by atoms with Crippen molar-refractivity contribution >= 4 is 40.8 Å². The van der Waals surface area contributed by atoms with Crippen molar-refractivity contribution in [2.45, 2.75) is 57.2 Å². The van der Waals surface area contributed by atoms with Gasteiger partial charge in [-0.25, -0.2) is 8.78 Å². The second-order valence-electron chi connectivity index (χ2n) is 11.0. The van der Waals surface area contributed by atoms with Crippen LogP contribution in [0, 0.1) is 28.4 Å². The van der Waals surface area contributed by atoms with Crippen molar-refractivity contribution in [1.82, 2.24) is 15.1 Å². The highest BCUT2D eigenvalue weighted by Gasteiger charge is 2.61. The lowest BCUT2D eigenvalue weighted by Gasteiger charge is -2.37. The molecular formula is C28H28Cl2F2N6O2. The Morgan fingerprint density at radius 1 is 1.23 bits per heavy atom. The van der Waals surface area contributed by atoms with Crippen LogP contribution in [0.25, 0.3) is 0 Å². The van der Waals surface area contributed by atoms with Crippen LogP contribution < -0.4 is 16.4 Å². The number of carbonyl (C=O) groups is 2. The fourth-order valence-corrected chi connectivity index (χ4v) is 5.78. The summed E-state index contributed by atoms with van der Waals surface area (Å²) in [7, 11) is 0. The average molecular weight is 589 g/mol. The van der Waals surface area contributed by atoms with Crippen LogP contribution in [-0.4, -0.2) is 33.7 Å². The summed E-state index contributed by atoms with van der Waals surface area (Å²) in [4.78, 5) is 25.1. The van der Waals surface area contributed by atoms with Crippen molar-refractivity contribution in [2.24, 2.45) is 11.1 Å². The van der Waals surface area contributed by atoms with Crippen LogP contribution in [0.1, 0.15) is 44.2 Å². The highest BCUT2D eigenvalue weighted by molar-refractivity contribution is 6.31. The average Bonchev–Trinajstić information content (AvgIpc) is 3.41. The summed E-state index contributed by atoms with van der Waals surface area (Å²) in [5, 5.41) is 20.8. The predicted octanol–water partition coefficient (Wildman–Crippen LogP) is 4.91. The number of nitrogens with two attached hydrogens (primary N) is 1. The van der Waals surface area contributed by atoms with E-state index in [2.05, 4.69) is 21.8 Å². The largest absolute Gasteiger partial charge is 0.368 e. The van der Waals surface area contributed by atoms with Crippen molar-refractivity contribution in [1.29, 1.82) is 5.26 Å². The molecule has 0 spiro atoms. The molecule has 40 heavy (non-hydrogen) atoms. The highest BCUT2D eigenvalue weighted by atomic mass is 35.5. The summed E-state index contributed by atoms with van der Waals surface area (Å²) >= 11 is 12.2. The topological polar surface area (TPSA) is 126 Å². The molecule has 2 heterocycles. The van der Waals surface area contributed by atoms with E-state index in [9.17, 15) is 14.9 Å². The van der Waals surface area contributed by atoms with Crippen LogP contribution in [0.2, 0.25) is 10.0 Å². The molecule has 1 saturated heterocycles. The number of anilines is 1. The third kappa shape index (κ3) is 5.68. The lowest BCUT2D eigenvalue weighted by atomic mass is 9.62. The molecule has 0 saturated carbocycles. The predicted molar refractivity (Wildman–Crippen MR) is 148 cm³/mol. The maximum Gasteiger partial charge on any atom is 0.243 e. The Kier molecular flexibility index (Phi) is 8.22. The molecule has 8 nitrogen and oxygen atoms in total. The Morgan fingerprint density at radius 2 is 1.95 bits per heavy atom. The molecule has 1 fully saturated rings. The van der Waals surface area contributed by atoms with Crippen molar-refractivity contribution in [3.63, 3.8) is 0 Å². The molecule has 12 heteroatoms. The standard InChI is InChI=1S/C28H28Cl2F2N6O2/c1-27(2,3)12-20-28(14-33,17-8-7-15(29)11-19(17)31)23(16-5-4-6-18(30)24(16)32)25(35-20)26(40)36-22-9-10-38(37-22)13-21(34)39/h4-11,20,23,25,35H,12-13H2,1-3H3,(H2,34,39)(H,36,37,40)/t20-,23-,25+,28-/m0/s1. The molecule has 3 aromatic rings. The van der Waals surface area contributed by atoms with E-state index in [1.807, 2.05) is 20.8 Å². The normalized spacial score (nSPS) is 22.6. The maximum absolute atomic E-state index is 15.7. The van der Waals surface area contributed by atoms with Crippen molar-refractivity contribution in [3.05, 3.63) is 81.5 Å². The van der Waals surface area contributed by atoms with Gasteiger partial charge in [-0.2, -0.15) is 10.4 Å². The number of hydrogen-bond acceptors (Lipinski definition) is 5. The Hall–Kier alpha value is -3.52. The molecule has 1 aliphatic heterocycles. The molecule has 1 aromatic heterocycles. The summed E-state index contributed by atoms with van der Waals surface area (Å²) in [6.45, 7) is 5.64. The van der Waals surface area contributed by atoms with Gasteiger partial charge in [0.05, 0.1) is 17.1 Å². The number of nitrogens with zero attached hydrogens (tertiary/aromatic N) is 3. The quantitative estimate of drug-likeness (QED) is 0.361. The van der Waals surface area contributed by atoms with Gasteiger partial charge in [0, 0.05) is 34.8 Å².